The van der Waals surface area contributed by atoms with Gasteiger partial charge in [0.2, 0.25) is 5.91 Å². The summed E-state index contributed by atoms with van der Waals surface area (Å²) in [6, 6.07) is 9.06. The van der Waals surface area contributed by atoms with Crippen LogP contribution in [0.5, 0.6) is 0 Å². The Labute approximate surface area is 125 Å². The third kappa shape index (κ3) is 3.55. The highest BCUT2D eigenvalue weighted by atomic mass is 79.9. The van der Waals surface area contributed by atoms with Crippen molar-refractivity contribution in [2.24, 2.45) is 0 Å². The van der Waals surface area contributed by atoms with Crippen molar-refractivity contribution in [2.75, 3.05) is 11.9 Å². The van der Waals surface area contributed by atoms with Gasteiger partial charge in [0.15, 0.2) is 0 Å². The average Bonchev–Trinajstić information content (AvgIpc) is 2.43. The quantitative estimate of drug-likeness (QED) is 0.854. The maximum absolute atomic E-state index is 12.2. The predicted octanol–water partition coefficient (Wildman–Crippen LogP) is 3.70. The molecular formula is C14H12BrClN2O. The molecule has 0 spiro atoms. The van der Waals surface area contributed by atoms with Gasteiger partial charge in [-0.25, -0.2) is 0 Å². The number of likely N-dealkylation sites (N-methyl/N-ethyl adjacent to an activating group) is 1. The number of carbonyl (C=O) groups is 1. The van der Waals surface area contributed by atoms with Crippen LogP contribution in [-0.4, -0.2) is 17.9 Å². The van der Waals surface area contributed by atoms with Gasteiger partial charge in [0.05, 0.1) is 18.3 Å². The van der Waals surface area contributed by atoms with Crippen LogP contribution in [0.4, 0.5) is 5.69 Å². The van der Waals surface area contributed by atoms with E-state index in [2.05, 4.69) is 20.9 Å². The highest BCUT2D eigenvalue weighted by molar-refractivity contribution is 9.10. The highest BCUT2D eigenvalue weighted by Crippen LogP contribution is 2.22. The molecule has 1 heterocycles. The molecule has 0 aliphatic rings. The van der Waals surface area contributed by atoms with Gasteiger partial charge in [0.1, 0.15) is 0 Å². The van der Waals surface area contributed by atoms with Crippen molar-refractivity contribution < 1.29 is 4.79 Å². The van der Waals surface area contributed by atoms with Crippen LogP contribution in [0.1, 0.15) is 5.56 Å². The van der Waals surface area contributed by atoms with E-state index in [1.165, 1.54) is 0 Å². The molecule has 3 nitrogen and oxygen atoms in total. The van der Waals surface area contributed by atoms with Crippen LogP contribution in [0.25, 0.3) is 0 Å². The second-order valence-electron chi connectivity index (χ2n) is 4.08. The third-order valence-electron chi connectivity index (χ3n) is 2.76. The molecule has 1 aromatic carbocycles. The normalized spacial score (nSPS) is 10.3. The topological polar surface area (TPSA) is 33.2 Å². The summed E-state index contributed by atoms with van der Waals surface area (Å²) in [7, 11) is 1.73. The van der Waals surface area contributed by atoms with Gasteiger partial charge >= 0.3 is 0 Å². The van der Waals surface area contributed by atoms with E-state index in [0.717, 1.165) is 15.7 Å². The molecule has 0 aliphatic carbocycles. The van der Waals surface area contributed by atoms with E-state index in [9.17, 15) is 4.79 Å². The molecule has 0 radical (unpaired) electrons. The molecule has 2 aromatic rings. The first kappa shape index (κ1) is 14.0. The van der Waals surface area contributed by atoms with Crippen molar-refractivity contribution in [3.63, 3.8) is 0 Å². The average molecular weight is 340 g/mol. The lowest BCUT2D eigenvalue weighted by Crippen LogP contribution is -2.28. The predicted molar refractivity (Wildman–Crippen MR) is 80.5 cm³/mol. The molecule has 19 heavy (non-hydrogen) atoms. The number of pyridine rings is 1. The molecule has 2 rings (SSSR count). The van der Waals surface area contributed by atoms with Gasteiger partial charge in [-0.2, -0.15) is 0 Å². The molecule has 1 aromatic heterocycles. The fraction of sp³-hybridized carbons (Fsp3) is 0.143. The molecule has 0 saturated heterocycles. The van der Waals surface area contributed by atoms with Crippen LogP contribution in [-0.2, 0) is 11.2 Å². The SMILES string of the molecule is CN(C(=O)Cc1cc(Cl)ccc1Br)c1cccnc1. The van der Waals surface area contributed by atoms with Gasteiger partial charge in [0.25, 0.3) is 0 Å². The molecule has 98 valence electrons. The zero-order chi connectivity index (χ0) is 13.8. The van der Waals surface area contributed by atoms with Gasteiger partial charge in [0, 0.05) is 22.7 Å². The summed E-state index contributed by atoms with van der Waals surface area (Å²) in [4.78, 5) is 17.8. The van der Waals surface area contributed by atoms with Crippen LogP contribution >= 0.6 is 27.5 Å². The maximum atomic E-state index is 12.2. The summed E-state index contributed by atoms with van der Waals surface area (Å²) in [6.07, 6.45) is 3.62. The first-order valence-electron chi connectivity index (χ1n) is 5.68. The van der Waals surface area contributed by atoms with Crippen LogP contribution in [0, 0.1) is 0 Å². The van der Waals surface area contributed by atoms with Crippen LogP contribution in [0.3, 0.4) is 0 Å². The van der Waals surface area contributed by atoms with Crippen LogP contribution in [0.2, 0.25) is 5.02 Å². The van der Waals surface area contributed by atoms with Crippen molar-refractivity contribution in [3.8, 4) is 0 Å². The number of carbonyl (C=O) groups excluding carboxylic acids is 1. The lowest BCUT2D eigenvalue weighted by Gasteiger charge is -2.17. The molecule has 0 unspecified atom stereocenters. The second kappa shape index (κ2) is 6.17. The van der Waals surface area contributed by atoms with Crippen molar-refractivity contribution in [2.45, 2.75) is 6.42 Å². The van der Waals surface area contributed by atoms with E-state index >= 15 is 0 Å². The van der Waals surface area contributed by atoms with Gasteiger partial charge in [-0.15, -0.1) is 0 Å². The van der Waals surface area contributed by atoms with Gasteiger partial charge in [-0.05, 0) is 35.9 Å². The van der Waals surface area contributed by atoms with E-state index in [4.69, 9.17) is 11.6 Å². The largest absolute Gasteiger partial charge is 0.314 e. The standard InChI is InChI=1S/C14H12BrClN2O/c1-18(12-3-2-6-17-9-12)14(19)8-10-7-11(16)4-5-13(10)15/h2-7,9H,8H2,1H3. The Balaban J connectivity index is 2.15. The molecular weight excluding hydrogens is 328 g/mol. The minimum Gasteiger partial charge on any atom is -0.314 e. The number of benzene rings is 1. The minimum absolute atomic E-state index is 0.0176. The van der Waals surface area contributed by atoms with E-state index in [-0.39, 0.29) is 12.3 Å². The van der Waals surface area contributed by atoms with Gasteiger partial charge < -0.3 is 4.90 Å². The summed E-state index contributed by atoms with van der Waals surface area (Å²) in [5.74, 6) is -0.0176. The van der Waals surface area contributed by atoms with Crippen LogP contribution < -0.4 is 4.90 Å². The lowest BCUT2D eigenvalue weighted by atomic mass is 10.1. The van der Waals surface area contributed by atoms with E-state index in [1.54, 1.807) is 42.5 Å². The first-order valence-corrected chi connectivity index (χ1v) is 6.85. The van der Waals surface area contributed by atoms with Crippen molar-refractivity contribution in [1.82, 2.24) is 4.98 Å². The van der Waals surface area contributed by atoms with Crippen molar-refractivity contribution >= 4 is 39.1 Å². The summed E-state index contributed by atoms with van der Waals surface area (Å²) in [5, 5.41) is 0.620. The smallest absolute Gasteiger partial charge is 0.231 e. The number of rotatable bonds is 3. The maximum Gasteiger partial charge on any atom is 0.231 e. The van der Waals surface area contributed by atoms with E-state index < -0.39 is 0 Å². The Hall–Kier alpha value is -1.39. The number of nitrogens with zero attached hydrogens (tertiary/aromatic N) is 2. The first-order chi connectivity index (χ1) is 9.08. The summed E-state index contributed by atoms with van der Waals surface area (Å²) >= 11 is 9.36. The molecule has 0 atom stereocenters. The number of hydrogen-bond acceptors (Lipinski definition) is 2. The monoisotopic (exact) mass is 338 g/mol. The summed E-state index contributed by atoms with van der Waals surface area (Å²) < 4.78 is 0.879. The Kier molecular flexibility index (Phi) is 4.56. The number of halogens is 2. The molecule has 0 aliphatic heterocycles. The third-order valence-corrected chi connectivity index (χ3v) is 3.77. The molecule has 0 N–H and O–H groups in total. The Morgan fingerprint density at radius 3 is 2.89 bits per heavy atom. The fourth-order valence-electron chi connectivity index (χ4n) is 1.66. The molecule has 0 bridgehead atoms. The Bertz CT molecular complexity index is 589. The number of amides is 1. The van der Waals surface area contributed by atoms with E-state index in [0.29, 0.717) is 5.02 Å². The fourth-order valence-corrected chi connectivity index (χ4v) is 2.24. The molecule has 5 heteroatoms. The highest BCUT2D eigenvalue weighted by Gasteiger charge is 2.13. The lowest BCUT2D eigenvalue weighted by molar-refractivity contribution is -0.117. The Morgan fingerprint density at radius 2 is 2.21 bits per heavy atom. The molecule has 1 amide bonds. The number of anilines is 1. The van der Waals surface area contributed by atoms with Crippen molar-refractivity contribution in [3.05, 3.63) is 57.8 Å². The van der Waals surface area contributed by atoms with E-state index in [1.807, 2.05) is 12.1 Å². The molecule has 0 fully saturated rings. The summed E-state index contributed by atoms with van der Waals surface area (Å²) in [5.41, 5.74) is 1.64. The Morgan fingerprint density at radius 1 is 1.42 bits per heavy atom. The van der Waals surface area contributed by atoms with Crippen LogP contribution in [0.15, 0.2) is 47.2 Å². The second-order valence-corrected chi connectivity index (χ2v) is 5.37. The van der Waals surface area contributed by atoms with Gasteiger partial charge in [-0.1, -0.05) is 27.5 Å². The molecule has 0 saturated carbocycles. The van der Waals surface area contributed by atoms with Gasteiger partial charge in [-0.3, -0.25) is 9.78 Å². The number of hydrogen-bond donors (Lipinski definition) is 0. The summed E-state index contributed by atoms with van der Waals surface area (Å²) in [6.45, 7) is 0. The number of aromatic nitrogens is 1. The minimum atomic E-state index is -0.0176. The zero-order valence-corrected chi connectivity index (χ0v) is 12.6. The van der Waals surface area contributed by atoms with Crippen molar-refractivity contribution in [1.29, 1.82) is 0 Å². The zero-order valence-electron chi connectivity index (χ0n) is 10.3.